The molecule has 0 heterocycles. The molecular weight excluding hydrogens is 1310 g/mol. The highest BCUT2D eigenvalue weighted by Gasteiger charge is 2.30. The molecule has 0 radical (unpaired) electrons. The van der Waals surface area contributed by atoms with E-state index in [-0.39, 0.29) is 25.7 Å². The molecule has 0 aromatic heterocycles. The normalized spacial score (nSPS) is 14.8. The van der Waals surface area contributed by atoms with Crippen LogP contribution in [-0.4, -0.2) is 96.7 Å². The molecule has 0 rings (SSSR count). The molecule has 8 atom stereocenters. The third-order valence-corrected chi connectivity index (χ3v) is 21.8. The first kappa shape index (κ1) is 98.1. The third kappa shape index (κ3) is 70.4. The second-order valence-corrected chi connectivity index (χ2v) is 33.3. The summed E-state index contributed by atoms with van der Waals surface area (Å²) in [4.78, 5) is 73.0. The Balaban J connectivity index is 5.20. The van der Waals surface area contributed by atoms with Gasteiger partial charge >= 0.3 is 39.5 Å². The van der Waals surface area contributed by atoms with Crippen LogP contribution in [0.15, 0.2) is 0 Å². The van der Waals surface area contributed by atoms with E-state index in [1.807, 2.05) is 0 Å². The van der Waals surface area contributed by atoms with E-state index in [9.17, 15) is 43.2 Å². The minimum atomic E-state index is -4.96. The number of ether oxygens (including phenoxy) is 4. The zero-order chi connectivity index (χ0) is 73.8. The fraction of sp³-hybridized carbons (Fsp3) is 0.951. The molecule has 0 aliphatic heterocycles. The van der Waals surface area contributed by atoms with Gasteiger partial charge in [-0.05, 0) is 49.4 Å². The Labute approximate surface area is 613 Å². The van der Waals surface area contributed by atoms with Crippen molar-refractivity contribution in [2.75, 3.05) is 39.6 Å². The van der Waals surface area contributed by atoms with Gasteiger partial charge in [-0.1, -0.05) is 364 Å². The van der Waals surface area contributed by atoms with Crippen LogP contribution in [0.5, 0.6) is 0 Å². The maximum atomic E-state index is 13.1. The molecule has 5 unspecified atom stereocenters. The average Bonchev–Trinajstić information content (AvgIpc) is 0.926. The van der Waals surface area contributed by atoms with E-state index in [2.05, 4.69) is 55.4 Å². The Morgan fingerprint density at radius 1 is 0.280 bits per heavy atom. The van der Waals surface area contributed by atoms with E-state index < -0.39 is 97.5 Å². The van der Waals surface area contributed by atoms with Gasteiger partial charge in [-0.2, -0.15) is 0 Å². The van der Waals surface area contributed by atoms with Gasteiger partial charge in [0.2, 0.25) is 0 Å². The number of hydrogen-bond acceptors (Lipinski definition) is 15. The molecule has 0 aromatic rings. The topological polar surface area (TPSA) is 237 Å². The lowest BCUT2D eigenvalue weighted by atomic mass is 9.99. The molecule has 0 saturated heterocycles. The van der Waals surface area contributed by atoms with Crippen LogP contribution in [0.2, 0.25) is 0 Å². The highest BCUT2D eigenvalue weighted by Crippen LogP contribution is 2.45. The monoisotopic (exact) mass is 1470 g/mol. The van der Waals surface area contributed by atoms with Crippen LogP contribution in [0.25, 0.3) is 0 Å². The first-order valence-electron chi connectivity index (χ1n) is 41.8. The summed E-state index contributed by atoms with van der Waals surface area (Å²) in [6, 6.07) is 0. The standard InChI is InChI=1S/C81H158O17P2/c1-9-72(6)58-50-42-34-28-22-18-16-14-12-13-15-17-19-23-31-37-47-55-63-80(85)98-77(68-92-79(84)62-54-46-40-39-44-52-60-74(8)11-3)70-96-100(89,90)94-66-75(82)65-93-99(87,88)95-69-76(97-81(86)64-56-48-38-32-26-25-29-35-43-51-59-73(7)10-2)67-91-78(83)61-53-45-36-30-24-20-21-27-33-41-49-57-71(4)5/h71-77,82H,9-70H2,1-8H3,(H,87,88)(H,89,90)/t72?,73?,74?,75-,76-,77-/m1/s1. The predicted octanol–water partition coefficient (Wildman–Crippen LogP) is 24.0. The van der Waals surface area contributed by atoms with Crippen LogP contribution >= 0.6 is 15.6 Å². The van der Waals surface area contributed by atoms with Gasteiger partial charge in [-0.3, -0.25) is 37.3 Å². The molecule has 594 valence electrons. The molecule has 0 saturated carbocycles. The van der Waals surface area contributed by atoms with E-state index in [1.165, 1.54) is 212 Å². The van der Waals surface area contributed by atoms with Gasteiger partial charge in [-0.25, -0.2) is 9.13 Å². The molecule has 17 nitrogen and oxygen atoms in total. The van der Waals surface area contributed by atoms with E-state index in [4.69, 9.17) is 37.0 Å². The number of hydrogen-bond donors (Lipinski definition) is 3. The van der Waals surface area contributed by atoms with Gasteiger partial charge in [0.25, 0.3) is 0 Å². The summed E-state index contributed by atoms with van der Waals surface area (Å²) in [5.41, 5.74) is 0. The molecule has 0 fully saturated rings. The molecule has 0 spiro atoms. The van der Waals surface area contributed by atoms with Crippen molar-refractivity contribution in [1.29, 1.82) is 0 Å². The minimum absolute atomic E-state index is 0.106. The van der Waals surface area contributed by atoms with Crippen LogP contribution in [0, 0.1) is 23.7 Å². The van der Waals surface area contributed by atoms with Crippen molar-refractivity contribution < 1.29 is 80.2 Å². The van der Waals surface area contributed by atoms with Gasteiger partial charge in [0, 0.05) is 25.7 Å². The van der Waals surface area contributed by atoms with E-state index in [0.29, 0.717) is 25.7 Å². The van der Waals surface area contributed by atoms with Crippen LogP contribution < -0.4 is 0 Å². The molecule has 0 aliphatic rings. The highest BCUT2D eigenvalue weighted by molar-refractivity contribution is 7.47. The fourth-order valence-corrected chi connectivity index (χ4v) is 13.9. The SMILES string of the molecule is CCC(C)CCCCCCCCCCCCCCCCCCCCC(=O)O[C@H](COC(=O)CCCCCCCCC(C)CC)COP(=O)(O)OC[C@H](O)COP(=O)(O)OC[C@@H](COC(=O)CCCCCCCCCCCCCC(C)C)OC(=O)CCCCCCCCCCCCC(C)CC. The summed E-state index contributed by atoms with van der Waals surface area (Å²) in [6.45, 7) is 14.3. The Morgan fingerprint density at radius 2 is 0.480 bits per heavy atom. The van der Waals surface area contributed by atoms with Crippen molar-refractivity contribution in [2.45, 2.75) is 433 Å². The number of carbonyl (C=O) groups excluding carboxylic acids is 4. The summed E-state index contributed by atoms with van der Waals surface area (Å²) in [6.07, 6.45) is 56.9. The highest BCUT2D eigenvalue weighted by atomic mass is 31.2. The van der Waals surface area contributed by atoms with Crippen LogP contribution in [-0.2, 0) is 65.4 Å². The lowest BCUT2D eigenvalue weighted by molar-refractivity contribution is -0.161. The molecule has 0 aromatic carbocycles. The zero-order valence-corrected chi connectivity index (χ0v) is 67.6. The zero-order valence-electron chi connectivity index (χ0n) is 65.8. The lowest BCUT2D eigenvalue weighted by Crippen LogP contribution is -2.30. The maximum Gasteiger partial charge on any atom is 0.472 e. The van der Waals surface area contributed by atoms with E-state index in [0.717, 1.165) is 120 Å². The Kier molecular flexibility index (Phi) is 68.7. The first-order valence-corrected chi connectivity index (χ1v) is 44.8. The molecule has 3 N–H and O–H groups in total. The van der Waals surface area contributed by atoms with Crippen molar-refractivity contribution in [3.63, 3.8) is 0 Å². The number of aliphatic hydroxyl groups is 1. The number of rotatable bonds is 78. The number of phosphoric acid groups is 2. The van der Waals surface area contributed by atoms with Gasteiger partial charge < -0.3 is 33.8 Å². The number of unbranched alkanes of at least 4 members (excludes halogenated alkanes) is 41. The van der Waals surface area contributed by atoms with Gasteiger partial charge in [0.15, 0.2) is 12.2 Å². The molecular formula is C81H158O17P2. The van der Waals surface area contributed by atoms with E-state index >= 15 is 0 Å². The van der Waals surface area contributed by atoms with Crippen molar-refractivity contribution >= 4 is 39.5 Å². The summed E-state index contributed by atoms with van der Waals surface area (Å²) in [5.74, 6) is 1.06. The Hall–Kier alpha value is -1.94. The second-order valence-electron chi connectivity index (χ2n) is 30.4. The average molecular weight is 1470 g/mol. The molecule has 19 heteroatoms. The van der Waals surface area contributed by atoms with Crippen LogP contribution in [0.4, 0.5) is 0 Å². The summed E-state index contributed by atoms with van der Waals surface area (Å²) >= 11 is 0. The minimum Gasteiger partial charge on any atom is -0.462 e. The molecule has 100 heavy (non-hydrogen) atoms. The van der Waals surface area contributed by atoms with Gasteiger partial charge in [0.1, 0.15) is 19.3 Å². The van der Waals surface area contributed by atoms with Crippen molar-refractivity contribution in [3.8, 4) is 0 Å². The number of carbonyl (C=O) groups is 4. The Bertz CT molecular complexity index is 1960. The Morgan fingerprint density at radius 3 is 0.710 bits per heavy atom. The largest absolute Gasteiger partial charge is 0.472 e. The third-order valence-electron chi connectivity index (χ3n) is 19.9. The quantitative estimate of drug-likeness (QED) is 0.0222. The number of esters is 4. The first-order chi connectivity index (χ1) is 48.2. The van der Waals surface area contributed by atoms with Crippen molar-refractivity contribution in [2.24, 2.45) is 23.7 Å². The maximum absolute atomic E-state index is 13.1. The smallest absolute Gasteiger partial charge is 0.462 e. The van der Waals surface area contributed by atoms with Crippen molar-refractivity contribution in [1.82, 2.24) is 0 Å². The summed E-state index contributed by atoms with van der Waals surface area (Å²) in [7, 11) is -9.92. The second kappa shape index (κ2) is 70.1. The lowest BCUT2D eigenvalue weighted by Gasteiger charge is -2.21. The van der Waals surface area contributed by atoms with Gasteiger partial charge in [0.05, 0.1) is 26.4 Å². The van der Waals surface area contributed by atoms with E-state index in [1.54, 1.807) is 0 Å². The van der Waals surface area contributed by atoms with Crippen LogP contribution in [0.1, 0.15) is 415 Å². The number of phosphoric ester groups is 2. The molecule has 0 aliphatic carbocycles. The summed E-state index contributed by atoms with van der Waals surface area (Å²) < 4.78 is 68.7. The number of aliphatic hydroxyl groups excluding tert-OH is 1. The predicted molar refractivity (Wildman–Crippen MR) is 409 cm³/mol. The van der Waals surface area contributed by atoms with Crippen LogP contribution in [0.3, 0.4) is 0 Å². The van der Waals surface area contributed by atoms with Crippen molar-refractivity contribution in [3.05, 3.63) is 0 Å². The van der Waals surface area contributed by atoms with Gasteiger partial charge in [-0.15, -0.1) is 0 Å². The summed E-state index contributed by atoms with van der Waals surface area (Å²) in [5, 5.41) is 10.6. The molecule has 0 bridgehead atoms. The molecule has 0 amide bonds. The fourth-order valence-electron chi connectivity index (χ4n) is 12.3.